The van der Waals surface area contributed by atoms with Crippen LogP contribution in [0.3, 0.4) is 0 Å². The summed E-state index contributed by atoms with van der Waals surface area (Å²) in [7, 11) is 0. The highest BCUT2D eigenvalue weighted by molar-refractivity contribution is 6.10. The van der Waals surface area contributed by atoms with E-state index in [9.17, 15) is 9.59 Å². The number of nitrogens with two attached hydrogens (primary N) is 1. The molecule has 0 spiro atoms. The molecule has 2 rings (SSSR count). The summed E-state index contributed by atoms with van der Waals surface area (Å²) in [6.07, 6.45) is 3.09. The predicted octanol–water partition coefficient (Wildman–Crippen LogP) is 1.41. The number of carbonyl (C=O) groups is 2. The van der Waals surface area contributed by atoms with Crippen LogP contribution in [0.4, 0.5) is 0 Å². The maximum atomic E-state index is 12.0. The summed E-state index contributed by atoms with van der Waals surface area (Å²) in [5.41, 5.74) is 6.45. The predicted molar refractivity (Wildman–Crippen MR) is 62.6 cm³/mol. The number of carbonyl (C=O) groups excluding carboxylic acids is 2. The Morgan fingerprint density at radius 2 is 1.59 bits per heavy atom. The lowest BCUT2D eigenvalue weighted by molar-refractivity contribution is 0.1000. The number of hydrogen-bond donors (Lipinski definition) is 1. The molecule has 0 aliphatic heterocycles. The van der Waals surface area contributed by atoms with Gasteiger partial charge >= 0.3 is 0 Å². The number of nitrogens with zero attached hydrogens (tertiary/aromatic N) is 1. The largest absolute Gasteiger partial charge is 0.366 e. The molecule has 0 bridgehead atoms. The number of primary amides is 1. The number of ketones is 1. The molecule has 0 fully saturated rings. The van der Waals surface area contributed by atoms with Crippen LogP contribution in [0.25, 0.3) is 0 Å². The lowest BCUT2D eigenvalue weighted by Crippen LogP contribution is -2.12. The minimum atomic E-state index is -0.547. The van der Waals surface area contributed by atoms with Gasteiger partial charge in [0.2, 0.25) is 5.91 Å². The third-order valence-corrected chi connectivity index (χ3v) is 2.35. The van der Waals surface area contributed by atoms with Crippen LogP contribution in [0, 0.1) is 0 Å². The monoisotopic (exact) mass is 226 g/mol. The van der Waals surface area contributed by atoms with E-state index in [2.05, 4.69) is 4.98 Å². The first kappa shape index (κ1) is 11.0. The molecule has 2 aromatic rings. The number of hydrogen-bond acceptors (Lipinski definition) is 3. The van der Waals surface area contributed by atoms with E-state index in [1.165, 1.54) is 6.07 Å². The zero-order valence-electron chi connectivity index (χ0n) is 8.96. The van der Waals surface area contributed by atoms with Gasteiger partial charge in [-0.05, 0) is 24.3 Å². The molecule has 0 saturated carbocycles. The molecule has 1 aromatic carbocycles. The standard InChI is InChI=1S/C13H10N2O2/c14-13(17)11-3-1-2-10(8-11)12(16)9-4-6-15-7-5-9/h1-8H,(H2,14,17). The molecule has 0 unspecified atom stereocenters. The first-order valence-corrected chi connectivity index (χ1v) is 5.03. The molecule has 1 aromatic heterocycles. The van der Waals surface area contributed by atoms with Gasteiger partial charge < -0.3 is 5.73 Å². The van der Waals surface area contributed by atoms with E-state index >= 15 is 0 Å². The van der Waals surface area contributed by atoms with Crippen molar-refractivity contribution in [3.8, 4) is 0 Å². The maximum Gasteiger partial charge on any atom is 0.248 e. The van der Waals surface area contributed by atoms with E-state index in [4.69, 9.17) is 5.73 Å². The topological polar surface area (TPSA) is 73.1 Å². The first-order chi connectivity index (χ1) is 8.18. The molecule has 0 atom stereocenters. The summed E-state index contributed by atoms with van der Waals surface area (Å²) >= 11 is 0. The second-order valence-electron chi connectivity index (χ2n) is 3.51. The van der Waals surface area contributed by atoms with Gasteiger partial charge in [0.25, 0.3) is 0 Å². The minimum absolute atomic E-state index is 0.157. The fourth-order valence-electron chi connectivity index (χ4n) is 1.48. The number of rotatable bonds is 3. The zero-order chi connectivity index (χ0) is 12.3. The minimum Gasteiger partial charge on any atom is -0.366 e. The first-order valence-electron chi connectivity index (χ1n) is 5.03. The van der Waals surface area contributed by atoms with Crippen LogP contribution < -0.4 is 5.73 Å². The van der Waals surface area contributed by atoms with E-state index in [0.29, 0.717) is 16.7 Å². The quantitative estimate of drug-likeness (QED) is 0.804. The van der Waals surface area contributed by atoms with Gasteiger partial charge in [0.05, 0.1) is 0 Å². The van der Waals surface area contributed by atoms with Crippen LogP contribution in [0.1, 0.15) is 26.3 Å². The number of benzene rings is 1. The molecule has 84 valence electrons. The van der Waals surface area contributed by atoms with Gasteiger partial charge in [0.1, 0.15) is 0 Å². The maximum absolute atomic E-state index is 12.0. The van der Waals surface area contributed by atoms with E-state index in [1.54, 1.807) is 42.7 Å². The van der Waals surface area contributed by atoms with Crippen molar-refractivity contribution in [2.75, 3.05) is 0 Å². The third kappa shape index (κ3) is 2.36. The van der Waals surface area contributed by atoms with Crippen molar-refractivity contribution in [1.29, 1.82) is 0 Å². The molecule has 0 aliphatic rings. The molecule has 0 saturated heterocycles. The molecule has 0 aliphatic carbocycles. The van der Waals surface area contributed by atoms with Gasteiger partial charge in [-0.15, -0.1) is 0 Å². The second-order valence-corrected chi connectivity index (χ2v) is 3.51. The van der Waals surface area contributed by atoms with E-state index in [-0.39, 0.29) is 5.78 Å². The Morgan fingerprint density at radius 1 is 0.941 bits per heavy atom. The van der Waals surface area contributed by atoms with Crippen molar-refractivity contribution in [1.82, 2.24) is 4.98 Å². The van der Waals surface area contributed by atoms with Gasteiger partial charge in [-0.1, -0.05) is 12.1 Å². The summed E-state index contributed by atoms with van der Waals surface area (Å²) in [5, 5.41) is 0. The molecular formula is C13H10N2O2. The molecule has 17 heavy (non-hydrogen) atoms. The zero-order valence-corrected chi connectivity index (χ0v) is 8.96. The summed E-state index contributed by atoms with van der Waals surface area (Å²) < 4.78 is 0. The van der Waals surface area contributed by atoms with Gasteiger partial charge in [0, 0.05) is 29.1 Å². The second kappa shape index (κ2) is 4.57. The van der Waals surface area contributed by atoms with Crippen LogP contribution in [-0.4, -0.2) is 16.7 Å². The highest BCUT2D eigenvalue weighted by atomic mass is 16.1. The summed E-state index contributed by atoms with van der Waals surface area (Å²) in [6, 6.07) is 9.60. The smallest absolute Gasteiger partial charge is 0.248 e. The van der Waals surface area contributed by atoms with Crippen LogP contribution >= 0.6 is 0 Å². The molecular weight excluding hydrogens is 216 g/mol. The summed E-state index contributed by atoms with van der Waals surface area (Å²) in [6.45, 7) is 0. The summed E-state index contributed by atoms with van der Waals surface area (Å²) in [4.78, 5) is 26.9. The molecule has 4 nitrogen and oxygen atoms in total. The van der Waals surface area contributed by atoms with Crippen molar-refractivity contribution in [2.24, 2.45) is 5.73 Å². The lowest BCUT2D eigenvalue weighted by Gasteiger charge is -2.02. The van der Waals surface area contributed by atoms with Crippen molar-refractivity contribution in [3.63, 3.8) is 0 Å². The van der Waals surface area contributed by atoms with E-state index < -0.39 is 5.91 Å². The number of amides is 1. The van der Waals surface area contributed by atoms with Crippen LogP contribution in [0.15, 0.2) is 48.8 Å². The fourth-order valence-corrected chi connectivity index (χ4v) is 1.48. The third-order valence-electron chi connectivity index (χ3n) is 2.35. The van der Waals surface area contributed by atoms with E-state index in [0.717, 1.165) is 0 Å². The van der Waals surface area contributed by atoms with Gasteiger partial charge in [-0.2, -0.15) is 0 Å². The Morgan fingerprint density at radius 3 is 2.24 bits per heavy atom. The molecule has 4 heteroatoms. The lowest BCUT2D eigenvalue weighted by atomic mass is 10.0. The molecule has 1 heterocycles. The SMILES string of the molecule is NC(=O)c1cccc(C(=O)c2ccncc2)c1. The fraction of sp³-hybridized carbons (Fsp3) is 0. The Hall–Kier alpha value is -2.49. The average molecular weight is 226 g/mol. The number of aromatic nitrogens is 1. The Labute approximate surface area is 98.1 Å². The Balaban J connectivity index is 2.38. The summed E-state index contributed by atoms with van der Waals surface area (Å²) in [5.74, 6) is -0.704. The van der Waals surface area contributed by atoms with Crippen LogP contribution in [-0.2, 0) is 0 Å². The van der Waals surface area contributed by atoms with Crippen molar-refractivity contribution < 1.29 is 9.59 Å². The average Bonchev–Trinajstić information content (AvgIpc) is 2.39. The normalized spacial score (nSPS) is 9.88. The van der Waals surface area contributed by atoms with Gasteiger partial charge in [0.15, 0.2) is 5.78 Å². The molecule has 1 amide bonds. The van der Waals surface area contributed by atoms with E-state index in [1.807, 2.05) is 0 Å². The Kier molecular flexibility index (Phi) is 2.96. The Bertz CT molecular complexity index is 565. The van der Waals surface area contributed by atoms with Crippen molar-refractivity contribution >= 4 is 11.7 Å². The molecule has 2 N–H and O–H groups in total. The van der Waals surface area contributed by atoms with Crippen LogP contribution in [0.5, 0.6) is 0 Å². The number of pyridine rings is 1. The highest BCUT2D eigenvalue weighted by Crippen LogP contribution is 2.10. The van der Waals surface area contributed by atoms with Crippen LogP contribution in [0.2, 0.25) is 0 Å². The van der Waals surface area contributed by atoms with Gasteiger partial charge in [-0.3, -0.25) is 14.6 Å². The van der Waals surface area contributed by atoms with Crippen molar-refractivity contribution in [3.05, 3.63) is 65.5 Å². The van der Waals surface area contributed by atoms with Crippen molar-refractivity contribution in [2.45, 2.75) is 0 Å². The van der Waals surface area contributed by atoms with Gasteiger partial charge in [-0.25, -0.2) is 0 Å². The molecule has 0 radical (unpaired) electrons. The highest BCUT2D eigenvalue weighted by Gasteiger charge is 2.10.